The summed E-state index contributed by atoms with van der Waals surface area (Å²) < 4.78 is 10.7. The largest absolute Gasteiger partial charge is 0.493 e. The predicted octanol–water partition coefficient (Wildman–Crippen LogP) is 2.96. The fraction of sp³-hybridized carbons (Fsp3) is 0.438. The molecule has 1 aromatic rings. The number of methoxy groups -OCH3 is 2. The van der Waals surface area contributed by atoms with Crippen molar-refractivity contribution in [3.05, 3.63) is 35.9 Å². The summed E-state index contributed by atoms with van der Waals surface area (Å²) in [4.78, 5) is 12.2. The Kier molecular flexibility index (Phi) is 6.10. The van der Waals surface area contributed by atoms with E-state index < -0.39 is 0 Å². The number of amides is 1. The molecule has 0 aliphatic rings. The molecule has 4 nitrogen and oxygen atoms in total. The molecule has 1 aromatic carbocycles. The van der Waals surface area contributed by atoms with Crippen molar-refractivity contribution < 1.29 is 14.3 Å². The van der Waals surface area contributed by atoms with Crippen molar-refractivity contribution in [1.29, 1.82) is 0 Å². The first kappa shape index (κ1) is 16.1. The second kappa shape index (κ2) is 7.58. The van der Waals surface area contributed by atoms with Gasteiger partial charge in [-0.05, 0) is 31.9 Å². The number of rotatable bonds is 7. The van der Waals surface area contributed by atoms with E-state index in [1.54, 1.807) is 26.4 Å². The van der Waals surface area contributed by atoms with Gasteiger partial charge in [0, 0.05) is 17.2 Å². The molecule has 0 saturated heterocycles. The third kappa shape index (κ3) is 3.76. The van der Waals surface area contributed by atoms with Gasteiger partial charge in [-0.25, -0.2) is 0 Å². The van der Waals surface area contributed by atoms with Crippen LogP contribution in [0.3, 0.4) is 0 Å². The number of benzene rings is 1. The highest BCUT2D eigenvalue weighted by Crippen LogP contribution is 2.33. The van der Waals surface area contributed by atoms with E-state index in [2.05, 4.69) is 11.9 Å². The zero-order chi connectivity index (χ0) is 15.1. The Balaban J connectivity index is 3.17. The molecule has 110 valence electrons. The molecule has 0 aliphatic carbocycles. The first-order valence-corrected chi connectivity index (χ1v) is 6.74. The molecule has 0 saturated carbocycles. The Morgan fingerprint density at radius 3 is 2.60 bits per heavy atom. The van der Waals surface area contributed by atoms with Gasteiger partial charge in [0.2, 0.25) is 0 Å². The maximum absolute atomic E-state index is 12.2. The Morgan fingerprint density at radius 2 is 2.10 bits per heavy atom. The molecule has 4 heteroatoms. The molecule has 0 spiro atoms. The molecule has 0 heterocycles. The van der Waals surface area contributed by atoms with Gasteiger partial charge in [-0.3, -0.25) is 4.79 Å². The second-order valence-corrected chi connectivity index (χ2v) is 4.65. The van der Waals surface area contributed by atoms with E-state index in [0.717, 1.165) is 12.0 Å². The lowest BCUT2D eigenvalue weighted by Crippen LogP contribution is -2.32. The third-order valence-corrected chi connectivity index (χ3v) is 3.17. The standard InChI is InChI=1S/C16H23NO3/c1-6-8-12-9-13(16(18)17-11(3)7-2)10-14(19-4)15(12)20-5/h6,9-11H,1,7-8H2,2-5H3,(H,17,18). The molecule has 20 heavy (non-hydrogen) atoms. The molecule has 0 bridgehead atoms. The summed E-state index contributed by atoms with van der Waals surface area (Å²) in [5.41, 5.74) is 1.45. The molecular formula is C16H23NO3. The SMILES string of the molecule is C=CCc1cc(C(=O)NC(C)CC)cc(OC)c1OC. The smallest absolute Gasteiger partial charge is 0.251 e. The van der Waals surface area contributed by atoms with Crippen molar-refractivity contribution in [3.63, 3.8) is 0 Å². The van der Waals surface area contributed by atoms with E-state index in [9.17, 15) is 4.79 Å². The molecule has 0 aliphatic heterocycles. The summed E-state index contributed by atoms with van der Waals surface area (Å²) in [6.07, 6.45) is 3.27. The first-order valence-electron chi connectivity index (χ1n) is 6.74. The predicted molar refractivity (Wildman–Crippen MR) is 80.7 cm³/mol. The summed E-state index contributed by atoms with van der Waals surface area (Å²) in [6.45, 7) is 7.73. The van der Waals surface area contributed by atoms with Crippen molar-refractivity contribution in [2.75, 3.05) is 14.2 Å². The van der Waals surface area contributed by atoms with Gasteiger partial charge in [-0.15, -0.1) is 6.58 Å². The summed E-state index contributed by atoms with van der Waals surface area (Å²) in [5.74, 6) is 1.10. The van der Waals surface area contributed by atoms with Crippen LogP contribution in [-0.2, 0) is 6.42 Å². The van der Waals surface area contributed by atoms with Crippen molar-refractivity contribution in [2.24, 2.45) is 0 Å². The Morgan fingerprint density at radius 1 is 1.40 bits per heavy atom. The van der Waals surface area contributed by atoms with Gasteiger partial charge in [-0.2, -0.15) is 0 Å². The highest BCUT2D eigenvalue weighted by atomic mass is 16.5. The van der Waals surface area contributed by atoms with Crippen LogP contribution in [-0.4, -0.2) is 26.2 Å². The summed E-state index contributed by atoms with van der Waals surface area (Å²) >= 11 is 0. The Labute approximate surface area is 120 Å². The minimum atomic E-state index is -0.106. The van der Waals surface area contributed by atoms with Crippen LogP contribution >= 0.6 is 0 Å². The fourth-order valence-corrected chi connectivity index (χ4v) is 1.89. The third-order valence-electron chi connectivity index (χ3n) is 3.17. The van der Waals surface area contributed by atoms with Crippen LogP contribution in [0.4, 0.5) is 0 Å². The van der Waals surface area contributed by atoms with Crippen molar-refractivity contribution >= 4 is 5.91 Å². The van der Waals surface area contributed by atoms with E-state index in [1.165, 1.54) is 0 Å². The number of carbonyl (C=O) groups is 1. The number of nitrogens with one attached hydrogen (secondary N) is 1. The minimum Gasteiger partial charge on any atom is -0.493 e. The van der Waals surface area contributed by atoms with Crippen molar-refractivity contribution in [2.45, 2.75) is 32.7 Å². The topological polar surface area (TPSA) is 47.6 Å². The lowest BCUT2D eigenvalue weighted by Gasteiger charge is -2.16. The van der Waals surface area contributed by atoms with Crippen molar-refractivity contribution in [3.8, 4) is 11.5 Å². The van der Waals surface area contributed by atoms with Crippen LogP contribution < -0.4 is 14.8 Å². The second-order valence-electron chi connectivity index (χ2n) is 4.65. The number of hydrogen-bond acceptors (Lipinski definition) is 3. The highest BCUT2D eigenvalue weighted by Gasteiger charge is 2.16. The van der Waals surface area contributed by atoms with Crippen LogP contribution in [0.1, 0.15) is 36.2 Å². The van der Waals surface area contributed by atoms with Gasteiger partial charge in [0.1, 0.15) is 0 Å². The maximum atomic E-state index is 12.2. The van der Waals surface area contributed by atoms with Crippen LogP contribution in [0.5, 0.6) is 11.5 Å². The lowest BCUT2D eigenvalue weighted by molar-refractivity contribution is 0.0938. The lowest BCUT2D eigenvalue weighted by atomic mass is 10.0. The number of ether oxygens (including phenoxy) is 2. The summed E-state index contributed by atoms with van der Waals surface area (Å²) in [5, 5.41) is 2.94. The van der Waals surface area contributed by atoms with Crippen molar-refractivity contribution in [1.82, 2.24) is 5.32 Å². The molecule has 1 amide bonds. The summed E-state index contributed by atoms with van der Waals surface area (Å²) in [6, 6.07) is 3.66. The minimum absolute atomic E-state index is 0.106. The molecule has 1 unspecified atom stereocenters. The molecule has 1 rings (SSSR count). The van der Waals surface area contributed by atoms with E-state index in [-0.39, 0.29) is 11.9 Å². The zero-order valence-electron chi connectivity index (χ0n) is 12.7. The van der Waals surface area contributed by atoms with Gasteiger partial charge in [0.05, 0.1) is 14.2 Å². The number of hydrogen-bond donors (Lipinski definition) is 1. The highest BCUT2D eigenvalue weighted by molar-refractivity contribution is 5.95. The monoisotopic (exact) mass is 277 g/mol. The molecular weight excluding hydrogens is 254 g/mol. The normalized spacial score (nSPS) is 11.6. The molecule has 0 fully saturated rings. The fourth-order valence-electron chi connectivity index (χ4n) is 1.89. The van der Waals surface area contributed by atoms with Crippen LogP contribution in [0.15, 0.2) is 24.8 Å². The average Bonchev–Trinajstić information content (AvgIpc) is 2.46. The number of carbonyl (C=O) groups excluding carboxylic acids is 1. The van der Waals surface area contributed by atoms with E-state index in [0.29, 0.717) is 23.5 Å². The summed E-state index contributed by atoms with van der Waals surface area (Å²) in [7, 11) is 3.15. The first-order chi connectivity index (χ1) is 9.57. The van der Waals surface area contributed by atoms with Gasteiger partial charge in [0.25, 0.3) is 5.91 Å². The van der Waals surface area contributed by atoms with Gasteiger partial charge in [0.15, 0.2) is 11.5 Å². The van der Waals surface area contributed by atoms with E-state index in [4.69, 9.17) is 9.47 Å². The maximum Gasteiger partial charge on any atom is 0.251 e. The van der Waals surface area contributed by atoms with Gasteiger partial charge < -0.3 is 14.8 Å². The Hall–Kier alpha value is -1.97. The van der Waals surface area contributed by atoms with Crippen LogP contribution in [0.25, 0.3) is 0 Å². The molecule has 0 aromatic heterocycles. The van der Waals surface area contributed by atoms with Gasteiger partial charge in [-0.1, -0.05) is 13.0 Å². The molecule has 1 N–H and O–H groups in total. The zero-order valence-corrected chi connectivity index (χ0v) is 12.7. The quantitative estimate of drug-likeness (QED) is 0.779. The molecule has 0 radical (unpaired) electrons. The van der Waals surface area contributed by atoms with Gasteiger partial charge >= 0.3 is 0 Å². The van der Waals surface area contributed by atoms with E-state index >= 15 is 0 Å². The average molecular weight is 277 g/mol. The Bertz CT molecular complexity index is 483. The van der Waals surface area contributed by atoms with Crippen LogP contribution in [0.2, 0.25) is 0 Å². The molecule has 1 atom stereocenters. The van der Waals surface area contributed by atoms with Crippen LogP contribution in [0, 0.1) is 0 Å². The number of allylic oxidation sites excluding steroid dienone is 1. The van der Waals surface area contributed by atoms with E-state index in [1.807, 2.05) is 19.9 Å².